The third-order valence-electron chi connectivity index (χ3n) is 5.55. The zero-order valence-corrected chi connectivity index (χ0v) is 19.8. The first-order chi connectivity index (χ1) is 17.9. The van der Waals surface area contributed by atoms with Crippen molar-refractivity contribution in [3.05, 3.63) is 99.6 Å². The number of carbonyl (C=O) groups excluding carboxylic acids is 1. The van der Waals surface area contributed by atoms with Crippen molar-refractivity contribution in [2.45, 2.75) is 9.79 Å². The van der Waals surface area contributed by atoms with Crippen LogP contribution < -0.4 is 5.32 Å². The lowest BCUT2D eigenvalue weighted by Crippen LogP contribution is -2.15. The summed E-state index contributed by atoms with van der Waals surface area (Å²) in [5.74, 6) is -4.64. The van der Waals surface area contributed by atoms with Crippen LogP contribution in [0.2, 0.25) is 0 Å². The normalized spacial score (nSPS) is 11.2. The monoisotopic (exact) mass is 536 g/mol. The smallest absolute Gasteiger partial charge is 0.335 e. The van der Waals surface area contributed by atoms with Gasteiger partial charge in [0.15, 0.2) is 0 Å². The van der Waals surface area contributed by atoms with Crippen molar-refractivity contribution >= 4 is 49.8 Å². The molecule has 0 radical (unpaired) electrons. The van der Waals surface area contributed by atoms with Gasteiger partial charge in [0.25, 0.3) is 11.6 Å². The van der Waals surface area contributed by atoms with Crippen molar-refractivity contribution in [3.8, 4) is 5.75 Å². The maximum Gasteiger partial charge on any atom is 0.335 e. The molecule has 0 saturated carbocycles. The van der Waals surface area contributed by atoms with Gasteiger partial charge < -0.3 is 20.6 Å². The lowest BCUT2D eigenvalue weighted by Gasteiger charge is -2.14. The molecule has 0 fully saturated rings. The number of anilines is 1. The number of fused-ring (bicyclic) bond motifs is 1. The van der Waals surface area contributed by atoms with E-state index in [-0.39, 0.29) is 16.5 Å². The largest absolute Gasteiger partial charge is 0.506 e. The minimum atomic E-state index is -4.61. The molecule has 12 nitrogen and oxygen atoms in total. The SMILES string of the molecule is O=C(O)c1cc(NC(=O)c2cc(S(=O)(=O)c3ccccc3[N+](=O)[O-])c3ccccc3c2O)cc(C(=O)O)c1. The van der Waals surface area contributed by atoms with Crippen molar-refractivity contribution in [2.24, 2.45) is 0 Å². The third-order valence-corrected chi connectivity index (χ3v) is 7.39. The summed E-state index contributed by atoms with van der Waals surface area (Å²) in [4.78, 5) is 45.4. The molecule has 4 aromatic rings. The highest BCUT2D eigenvalue weighted by atomic mass is 32.2. The van der Waals surface area contributed by atoms with E-state index in [0.717, 1.165) is 36.4 Å². The second-order valence-corrected chi connectivity index (χ2v) is 9.79. The summed E-state index contributed by atoms with van der Waals surface area (Å²) in [7, 11) is -4.61. The number of nitro groups is 1. The molecule has 0 atom stereocenters. The van der Waals surface area contributed by atoms with Gasteiger partial charge in [-0.3, -0.25) is 14.9 Å². The fourth-order valence-electron chi connectivity index (χ4n) is 3.82. The number of sulfone groups is 1. The Hall–Kier alpha value is -5.30. The highest BCUT2D eigenvalue weighted by Crippen LogP contribution is 2.38. The topological polar surface area (TPSA) is 201 Å². The Bertz CT molecular complexity index is 1750. The van der Waals surface area contributed by atoms with Gasteiger partial charge in [-0.05, 0) is 30.3 Å². The highest BCUT2D eigenvalue weighted by Gasteiger charge is 2.31. The summed E-state index contributed by atoms with van der Waals surface area (Å²) >= 11 is 0. The number of carbonyl (C=O) groups is 3. The van der Waals surface area contributed by atoms with Crippen LogP contribution in [-0.2, 0) is 9.84 Å². The number of carboxylic acids is 2. The van der Waals surface area contributed by atoms with Crippen molar-refractivity contribution < 1.29 is 43.0 Å². The first-order valence-corrected chi connectivity index (χ1v) is 12.1. The number of para-hydroxylation sites is 1. The lowest BCUT2D eigenvalue weighted by molar-refractivity contribution is -0.387. The molecule has 1 amide bonds. The quantitative estimate of drug-likeness (QED) is 0.198. The van der Waals surface area contributed by atoms with E-state index in [1.54, 1.807) is 0 Å². The maximum absolute atomic E-state index is 13.6. The third kappa shape index (κ3) is 4.60. The van der Waals surface area contributed by atoms with Crippen molar-refractivity contribution in [1.82, 2.24) is 0 Å². The zero-order valence-electron chi connectivity index (χ0n) is 19.0. The van der Waals surface area contributed by atoms with Gasteiger partial charge in [-0.15, -0.1) is 0 Å². The molecule has 0 aromatic heterocycles. The number of hydrogen-bond donors (Lipinski definition) is 4. The molecule has 0 aliphatic heterocycles. The van der Waals surface area contributed by atoms with Gasteiger partial charge in [0.05, 0.1) is 26.5 Å². The number of hydrogen-bond acceptors (Lipinski definition) is 8. The van der Waals surface area contributed by atoms with Crippen LogP contribution >= 0.6 is 0 Å². The molecule has 4 N–H and O–H groups in total. The number of nitro benzene ring substituents is 1. The first kappa shape index (κ1) is 25.8. The molecule has 192 valence electrons. The Morgan fingerprint density at radius 2 is 1.34 bits per heavy atom. The number of nitrogens with one attached hydrogen (secondary N) is 1. The minimum Gasteiger partial charge on any atom is -0.506 e. The fraction of sp³-hybridized carbons (Fsp3) is 0. The summed E-state index contributed by atoms with van der Waals surface area (Å²) in [5, 5.41) is 43.1. The Kier molecular flexibility index (Phi) is 6.53. The average molecular weight is 536 g/mol. The van der Waals surface area contributed by atoms with Crippen LogP contribution in [0.15, 0.2) is 82.6 Å². The molecule has 0 bridgehead atoms. The zero-order chi connectivity index (χ0) is 27.8. The fourth-order valence-corrected chi connectivity index (χ4v) is 5.47. The van der Waals surface area contributed by atoms with E-state index < -0.39 is 70.5 Å². The highest BCUT2D eigenvalue weighted by molar-refractivity contribution is 7.91. The molecular weight excluding hydrogens is 520 g/mol. The van der Waals surface area contributed by atoms with E-state index in [1.165, 1.54) is 36.4 Å². The van der Waals surface area contributed by atoms with E-state index in [9.17, 15) is 48.2 Å². The molecule has 13 heteroatoms. The number of nitrogens with zero attached hydrogens (tertiary/aromatic N) is 1. The van der Waals surface area contributed by atoms with Gasteiger partial charge in [0.2, 0.25) is 9.84 Å². The predicted molar refractivity (Wildman–Crippen MR) is 132 cm³/mol. The lowest BCUT2D eigenvalue weighted by atomic mass is 10.0. The van der Waals surface area contributed by atoms with Crippen molar-refractivity contribution in [3.63, 3.8) is 0 Å². The molecular formula is C25H16N2O10S. The number of amides is 1. The number of phenols is 1. The molecule has 4 rings (SSSR count). The van der Waals surface area contributed by atoms with Gasteiger partial charge in [-0.25, -0.2) is 18.0 Å². The van der Waals surface area contributed by atoms with Crippen LogP contribution in [0, 0.1) is 10.1 Å². The van der Waals surface area contributed by atoms with Crippen LogP contribution in [0.4, 0.5) is 11.4 Å². The van der Waals surface area contributed by atoms with Gasteiger partial charge in [0.1, 0.15) is 10.6 Å². The molecule has 0 aliphatic carbocycles. The van der Waals surface area contributed by atoms with Crippen LogP contribution in [0.5, 0.6) is 5.75 Å². The molecule has 0 saturated heterocycles. The number of aromatic carboxylic acids is 2. The predicted octanol–water partition coefficient (Wildman–Crippen LogP) is 3.94. The summed E-state index contributed by atoms with van der Waals surface area (Å²) in [6.07, 6.45) is 0. The van der Waals surface area contributed by atoms with E-state index >= 15 is 0 Å². The Morgan fingerprint density at radius 1 is 0.789 bits per heavy atom. The number of carboxylic acid groups (broad SMARTS) is 2. The Morgan fingerprint density at radius 3 is 1.92 bits per heavy atom. The number of aromatic hydroxyl groups is 1. The molecule has 0 unspecified atom stereocenters. The summed E-state index contributed by atoms with van der Waals surface area (Å²) in [6.45, 7) is 0. The van der Waals surface area contributed by atoms with Gasteiger partial charge >= 0.3 is 11.9 Å². The van der Waals surface area contributed by atoms with Crippen LogP contribution in [0.1, 0.15) is 31.1 Å². The average Bonchev–Trinajstić information content (AvgIpc) is 2.88. The number of rotatable bonds is 7. The summed E-state index contributed by atoms with van der Waals surface area (Å²) < 4.78 is 27.2. The Balaban J connectivity index is 1.91. The van der Waals surface area contributed by atoms with Crippen LogP contribution in [0.3, 0.4) is 0 Å². The van der Waals surface area contributed by atoms with Crippen LogP contribution in [-0.4, -0.2) is 46.5 Å². The van der Waals surface area contributed by atoms with E-state index in [0.29, 0.717) is 0 Å². The summed E-state index contributed by atoms with van der Waals surface area (Å²) in [6, 6.07) is 14.0. The second kappa shape index (κ2) is 9.63. The minimum absolute atomic E-state index is 0.0132. The van der Waals surface area contributed by atoms with E-state index in [4.69, 9.17) is 0 Å². The molecule has 0 aliphatic rings. The molecule has 38 heavy (non-hydrogen) atoms. The van der Waals surface area contributed by atoms with Crippen LogP contribution in [0.25, 0.3) is 10.8 Å². The first-order valence-electron chi connectivity index (χ1n) is 10.6. The second-order valence-electron chi connectivity index (χ2n) is 7.91. The molecule has 0 heterocycles. The van der Waals surface area contributed by atoms with Gasteiger partial charge in [0, 0.05) is 22.5 Å². The Labute approximate surface area is 213 Å². The molecule has 0 spiro atoms. The number of benzene rings is 4. The van der Waals surface area contributed by atoms with Crippen molar-refractivity contribution in [2.75, 3.05) is 5.32 Å². The van der Waals surface area contributed by atoms with E-state index in [1.807, 2.05) is 0 Å². The van der Waals surface area contributed by atoms with Gasteiger partial charge in [-0.2, -0.15) is 0 Å². The van der Waals surface area contributed by atoms with Crippen molar-refractivity contribution in [1.29, 1.82) is 0 Å². The van der Waals surface area contributed by atoms with E-state index in [2.05, 4.69) is 5.32 Å². The summed E-state index contributed by atoms with van der Waals surface area (Å²) in [5.41, 5.74) is -2.38. The number of phenolic OH excluding ortho intramolecular Hbond substituents is 1. The maximum atomic E-state index is 13.6. The standard InChI is InChI=1S/C25H16N2O10S/c28-22-17-6-2-1-5-16(17)21(38(36,37)20-8-4-3-7-19(20)27(34)35)12-18(22)23(29)26-15-10-13(24(30)31)9-14(11-15)25(32)33/h1-12,28H,(H,26,29)(H,30,31)(H,32,33). The van der Waals surface area contributed by atoms with Gasteiger partial charge in [-0.1, -0.05) is 36.4 Å². The molecule has 4 aromatic carbocycles.